The Morgan fingerprint density at radius 3 is 1.92 bits per heavy atom. The van der Waals surface area contributed by atoms with Crippen LogP contribution in [-0.4, -0.2) is 23.0 Å². The molecule has 1 aromatic carbocycles. The number of rotatable bonds is 3. The minimum atomic E-state index is 0. The fourth-order valence-corrected chi connectivity index (χ4v) is 1.69. The largest absolute Gasteiger partial charge is 1.00 e. The third-order valence-electron chi connectivity index (χ3n) is 1.21. The molecule has 0 atom stereocenters. The van der Waals surface area contributed by atoms with Crippen molar-refractivity contribution in [2.24, 2.45) is 0 Å². The van der Waals surface area contributed by atoms with E-state index in [1.807, 2.05) is 42.7 Å². The van der Waals surface area contributed by atoms with Crippen LogP contribution >= 0.6 is 24.0 Å². The van der Waals surface area contributed by atoms with E-state index in [2.05, 4.69) is 0 Å². The van der Waals surface area contributed by atoms with Crippen LogP contribution < -0.4 is 29.6 Å². The van der Waals surface area contributed by atoms with Gasteiger partial charge in [-0.15, -0.1) is 0 Å². The van der Waals surface area contributed by atoms with Gasteiger partial charge in [-0.2, -0.15) is 0 Å². The molecule has 0 unspecified atom stereocenters. The van der Waals surface area contributed by atoms with E-state index >= 15 is 0 Å². The van der Waals surface area contributed by atoms with Crippen LogP contribution in [0.25, 0.3) is 0 Å². The zero-order valence-electron chi connectivity index (χ0n) is 7.98. The molecule has 0 aliphatic heterocycles. The molecule has 0 radical (unpaired) electrons. The minimum Gasteiger partial charge on any atom is -0.795 e. The van der Waals surface area contributed by atoms with E-state index in [4.69, 9.17) is 0 Å². The van der Waals surface area contributed by atoms with Gasteiger partial charge in [0.2, 0.25) is 0 Å². The summed E-state index contributed by atoms with van der Waals surface area (Å²) in [5.74, 6) is 0. The van der Waals surface area contributed by atoms with Gasteiger partial charge in [-0.25, -0.2) is 12.0 Å². The maximum atomic E-state index is 10.4. The molecule has 66 valence electrons. The molecule has 0 fully saturated rings. The van der Waals surface area contributed by atoms with E-state index in [0.717, 1.165) is 9.79 Å². The van der Waals surface area contributed by atoms with Crippen molar-refractivity contribution in [3.63, 3.8) is 0 Å². The number of hydrogen-bond donors (Lipinski definition) is 0. The van der Waals surface area contributed by atoms with Gasteiger partial charge in [-0.05, 0) is 55.2 Å². The molecule has 0 aliphatic carbocycles. The molecule has 1 aromatic rings. The summed E-state index contributed by atoms with van der Waals surface area (Å²) in [6.07, 6.45) is 0. The smallest absolute Gasteiger partial charge is 0.795 e. The van der Waals surface area contributed by atoms with Gasteiger partial charge in [0.25, 0.3) is 0 Å². The van der Waals surface area contributed by atoms with Crippen molar-refractivity contribution < 1.29 is 34.1 Å². The Bertz CT molecular complexity index is 240. The van der Waals surface area contributed by atoms with Crippen molar-refractivity contribution in [3.8, 4) is 0 Å². The topological polar surface area (TPSA) is 26.3 Å². The SMILES string of the molecule is CN(C)Sc1ccc(S[O-])cc1.[Na+]. The fourth-order valence-electron chi connectivity index (χ4n) is 0.767. The average molecular weight is 223 g/mol. The predicted octanol–water partition coefficient (Wildman–Crippen LogP) is -0.518. The first kappa shape index (κ1) is 13.8. The van der Waals surface area contributed by atoms with Gasteiger partial charge >= 0.3 is 29.6 Å². The van der Waals surface area contributed by atoms with Crippen LogP contribution in [0.1, 0.15) is 0 Å². The third kappa shape index (κ3) is 5.32. The Kier molecular flexibility index (Phi) is 7.64. The summed E-state index contributed by atoms with van der Waals surface area (Å²) in [5, 5.41) is 0. The molecule has 0 aliphatic rings. The zero-order chi connectivity index (χ0) is 8.97. The first-order valence-electron chi connectivity index (χ1n) is 3.47. The van der Waals surface area contributed by atoms with E-state index in [9.17, 15) is 4.55 Å². The predicted molar refractivity (Wildman–Crippen MR) is 52.6 cm³/mol. The molecule has 0 saturated carbocycles. The molecule has 0 spiro atoms. The molecule has 0 amide bonds. The van der Waals surface area contributed by atoms with Crippen molar-refractivity contribution in [1.82, 2.24) is 4.31 Å². The van der Waals surface area contributed by atoms with Crippen molar-refractivity contribution in [1.29, 1.82) is 0 Å². The van der Waals surface area contributed by atoms with Crippen molar-refractivity contribution in [3.05, 3.63) is 24.3 Å². The van der Waals surface area contributed by atoms with Crippen molar-refractivity contribution in [2.45, 2.75) is 9.79 Å². The van der Waals surface area contributed by atoms with Gasteiger partial charge in [0, 0.05) is 4.90 Å². The Balaban J connectivity index is 0.00000144. The minimum absolute atomic E-state index is 0. The van der Waals surface area contributed by atoms with Gasteiger partial charge in [0.15, 0.2) is 0 Å². The zero-order valence-corrected chi connectivity index (χ0v) is 11.6. The van der Waals surface area contributed by atoms with Crippen LogP contribution in [-0.2, 0) is 0 Å². The van der Waals surface area contributed by atoms with Gasteiger partial charge in [0.1, 0.15) is 0 Å². The first-order chi connectivity index (χ1) is 5.72. The second kappa shape index (κ2) is 7.17. The van der Waals surface area contributed by atoms with Gasteiger partial charge in [-0.3, -0.25) is 4.31 Å². The fraction of sp³-hybridized carbons (Fsp3) is 0.250. The summed E-state index contributed by atoms with van der Waals surface area (Å²) in [6, 6.07) is 7.57. The average Bonchev–Trinajstić information content (AvgIpc) is 2.05. The molecular formula is C8H10NNaOS2. The van der Waals surface area contributed by atoms with Crippen LogP contribution in [0.3, 0.4) is 0 Å². The van der Waals surface area contributed by atoms with Crippen LogP contribution in [0.2, 0.25) is 0 Å². The van der Waals surface area contributed by atoms with Crippen LogP contribution in [0.15, 0.2) is 34.1 Å². The van der Waals surface area contributed by atoms with E-state index in [1.54, 1.807) is 11.9 Å². The summed E-state index contributed by atoms with van der Waals surface area (Å²) in [4.78, 5) is 1.91. The Labute approximate surface area is 110 Å². The Hall–Kier alpha value is 0.840. The molecular weight excluding hydrogens is 213 g/mol. The summed E-state index contributed by atoms with van der Waals surface area (Å²) < 4.78 is 12.4. The monoisotopic (exact) mass is 223 g/mol. The molecule has 0 heterocycles. The maximum absolute atomic E-state index is 10.4. The van der Waals surface area contributed by atoms with E-state index in [0.29, 0.717) is 12.0 Å². The number of hydrogen-bond acceptors (Lipinski definition) is 4. The maximum Gasteiger partial charge on any atom is 1.00 e. The van der Waals surface area contributed by atoms with Gasteiger partial charge in [0.05, 0.1) is 0 Å². The molecule has 0 aromatic heterocycles. The van der Waals surface area contributed by atoms with Crippen LogP contribution in [0, 0.1) is 0 Å². The first-order valence-corrected chi connectivity index (χ1v) is 4.99. The quantitative estimate of drug-likeness (QED) is 0.391. The third-order valence-corrected chi connectivity index (χ3v) is 2.52. The molecule has 5 heteroatoms. The van der Waals surface area contributed by atoms with Crippen LogP contribution in [0.5, 0.6) is 0 Å². The molecule has 0 saturated heterocycles. The van der Waals surface area contributed by atoms with Gasteiger partial charge in [-0.1, -0.05) is 0 Å². The summed E-state index contributed by atoms with van der Waals surface area (Å²) >= 11 is 2.16. The molecule has 13 heavy (non-hydrogen) atoms. The molecule has 1 rings (SSSR count). The number of benzene rings is 1. The normalized spacial score (nSPS) is 9.85. The van der Waals surface area contributed by atoms with Crippen molar-refractivity contribution >= 4 is 24.0 Å². The van der Waals surface area contributed by atoms with E-state index < -0.39 is 0 Å². The summed E-state index contributed by atoms with van der Waals surface area (Å²) in [7, 11) is 3.97. The number of nitrogens with zero attached hydrogens (tertiary/aromatic N) is 1. The van der Waals surface area contributed by atoms with E-state index in [1.165, 1.54) is 0 Å². The summed E-state index contributed by atoms with van der Waals surface area (Å²) in [5.41, 5.74) is 0. The second-order valence-corrected chi connectivity index (χ2v) is 4.48. The van der Waals surface area contributed by atoms with Crippen molar-refractivity contribution in [2.75, 3.05) is 14.1 Å². The summed E-state index contributed by atoms with van der Waals surface area (Å²) in [6.45, 7) is 0. The van der Waals surface area contributed by atoms with E-state index in [-0.39, 0.29) is 29.6 Å². The standard InChI is InChI=1S/C8H11NOS2.Na/c1-9(2)11-7-3-5-8(12-10)6-4-7;/h3-6,10H,1-2H3;/q;+1/p-1. The molecule has 0 N–H and O–H groups in total. The molecule has 0 bridgehead atoms. The Morgan fingerprint density at radius 1 is 1.08 bits per heavy atom. The molecule has 2 nitrogen and oxygen atoms in total. The van der Waals surface area contributed by atoms with Gasteiger partial charge < -0.3 is 4.55 Å². The Morgan fingerprint density at radius 2 is 1.54 bits per heavy atom. The van der Waals surface area contributed by atoms with Crippen LogP contribution in [0.4, 0.5) is 0 Å². The second-order valence-electron chi connectivity index (χ2n) is 2.46.